The number of hydrogen-bond acceptors (Lipinski definition) is 2. The van der Waals surface area contributed by atoms with Gasteiger partial charge in [0.2, 0.25) is 0 Å². The van der Waals surface area contributed by atoms with Crippen LogP contribution >= 0.6 is 0 Å². The number of Topliss-reactive ketones (excluding diaryl/α,β-unsaturated/α-hetero) is 1. The maximum Gasteiger partial charge on any atom is 0.136 e. The third kappa shape index (κ3) is 2.31. The average molecular weight is 182 g/mol. The third-order valence-electron chi connectivity index (χ3n) is 3.40. The number of ketones is 1. The maximum absolute atomic E-state index is 11.4. The fourth-order valence-corrected chi connectivity index (χ4v) is 2.25. The highest BCUT2D eigenvalue weighted by atomic mass is 16.3. The number of hydrogen-bond donors (Lipinski definition) is 1. The lowest BCUT2D eigenvalue weighted by atomic mass is 9.94. The van der Waals surface area contributed by atoms with Crippen molar-refractivity contribution in [2.24, 2.45) is 5.92 Å². The van der Waals surface area contributed by atoms with Gasteiger partial charge in [-0.05, 0) is 32.1 Å². The smallest absolute Gasteiger partial charge is 0.136 e. The molecule has 2 fully saturated rings. The highest BCUT2D eigenvalue weighted by molar-refractivity contribution is 5.83. The highest BCUT2D eigenvalue weighted by Crippen LogP contribution is 2.36. The summed E-state index contributed by atoms with van der Waals surface area (Å²) in [6.45, 7) is 0. The van der Waals surface area contributed by atoms with Gasteiger partial charge in [-0.25, -0.2) is 0 Å². The van der Waals surface area contributed by atoms with Crippen molar-refractivity contribution in [3.8, 4) is 0 Å². The van der Waals surface area contributed by atoms with E-state index in [0.29, 0.717) is 24.5 Å². The molecule has 2 saturated carbocycles. The number of carbonyl (C=O) groups is 1. The van der Waals surface area contributed by atoms with Crippen LogP contribution in [0.3, 0.4) is 0 Å². The van der Waals surface area contributed by atoms with E-state index in [1.165, 1.54) is 0 Å². The van der Waals surface area contributed by atoms with Crippen molar-refractivity contribution in [3.05, 3.63) is 0 Å². The molecule has 2 aliphatic carbocycles. The molecule has 2 nitrogen and oxygen atoms in total. The quantitative estimate of drug-likeness (QED) is 0.722. The zero-order valence-electron chi connectivity index (χ0n) is 8.09. The van der Waals surface area contributed by atoms with Crippen LogP contribution in [0.2, 0.25) is 0 Å². The first-order valence-electron chi connectivity index (χ1n) is 5.45. The van der Waals surface area contributed by atoms with Crippen molar-refractivity contribution in [3.63, 3.8) is 0 Å². The van der Waals surface area contributed by atoms with Crippen molar-refractivity contribution in [2.75, 3.05) is 0 Å². The molecule has 0 amide bonds. The minimum atomic E-state index is -0.482. The van der Waals surface area contributed by atoms with Crippen molar-refractivity contribution >= 4 is 5.78 Å². The van der Waals surface area contributed by atoms with Gasteiger partial charge in [-0.2, -0.15) is 0 Å². The Balaban J connectivity index is 1.74. The summed E-state index contributed by atoms with van der Waals surface area (Å²) in [5.74, 6) is 0.755. The van der Waals surface area contributed by atoms with Crippen LogP contribution in [0.25, 0.3) is 0 Å². The van der Waals surface area contributed by atoms with Gasteiger partial charge in [-0.3, -0.25) is 4.79 Å². The summed E-state index contributed by atoms with van der Waals surface area (Å²) < 4.78 is 0. The summed E-state index contributed by atoms with van der Waals surface area (Å²) in [6, 6.07) is 0. The standard InChI is InChI=1S/C11H18O2/c12-10(9-3-4-9)5-8-11(13)6-1-2-7-11/h9,13H,1-8H2. The van der Waals surface area contributed by atoms with Gasteiger partial charge < -0.3 is 5.11 Å². The Kier molecular flexibility index (Phi) is 2.41. The van der Waals surface area contributed by atoms with Crippen LogP contribution in [0.4, 0.5) is 0 Å². The first kappa shape index (κ1) is 9.20. The summed E-state index contributed by atoms with van der Waals surface area (Å²) >= 11 is 0. The molecule has 0 radical (unpaired) electrons. The summed E-state index contributed by atoms with van der Waals surface area (Å²) in [6.07, 6.45) is 7.59. The van der Waals surface area contributed by atoms with Crippen LogP contribution in [0, 0.1) is 5.92 Å². The second-order valence-electron chi connectivity index (χ2n) is 4.67. The van der Waals surface area contributed by atoms with Crippen LogP contribution in [-0.2, 0) is 4.79 Å². The first-order chi connectivity index (χ1) is 6.20. The fourth-order valence-electron chi connectivity index (χ4n) is 2.25. The monoisotopic (exact) mass is 182 g/mol. The molecule has 0 saturated heterocycles. The topological polar surface area (TPSA) is 37.3 Å². The van der Waals surface area contributed by atoms with Crippen LogP contribution in [-0.4, -0.2) is 16.5 Å². The van der Waals surface area contributed by atoms with Gasteiger partial charge in [0.25, 0.3) is 0 Å². The Morgan fingerprint density at radius 3 is 2.46 bits per heavy atom. The predicted octanol–water partition coefficient (Wildman–Crippen LogP) is 2.05. The lowest BCUT2D eigenvalue weighted by Crippen LogP contribution is -2.25. The Bertz CT molecular complexity index is 200. The van der Waals surface area contributed by atoms with Gasteiger partial charge in [0.05, 0.1) is 5.60 Å². The van der Waals surface area contributed by atoms with Gasteiger partial charge in [0, 0.05) is 12.3 Å². The summed E-state index contributed by atoms with van der Waals surface area (Å²) in [4.78, 5) is 11.4. The molecule has 0 bridgehead atoms. The lowest BCUT2D eigenvalue weighted by molar-refractivity contribution is -0.121. The van der Waals surface area contributed by atoms with E-state index >= 15 is 0 Å². The van der Waals surface area contributed by atoms with Crippen LogP contribution in [0.1, 0.15) is 51.4 Å². The van der Waals surface area contributed by atoms with Crippen molar-refractivity contribution < 1.29 is 9.90 Å². The van der Waals surface area contributed by atoms with Gasteiger partial charge in [0.15, 0.2) is 0 Å². The zero-order valence-corrected chi connectivity index (χ0v) is 8.09. The van der Waals surface area contributed by atoms with Crippen LogP contribution in [0.5, 0.6) is 0 Å². The predicted molar refractivity (Wildman–Crippen MR) is 50.4 cm³/mol. The molecule has 0 aromatic rings. The second kappa shape index (κ2) is 3.41. The molecule has 0 spiro atoms. The molecule has 0 atom stereocenters. The van der Waals surface area contributed by atoms with E-state index in [1.807, 2.05) is 0 Å². The normalized spacial score (nSPS) is 26.2. The third-order valence-corrected chi connectivity index (χ3v) is 3.40. The van der Waals surface area contributed by atoms with E-state index in [9.17, 15) is 9.90 Å². The zero-order chi connectivity index (χ0) is 9.31. The molecule has 0 aromatic carbocycles. The van der Waals surface area contributed by atoms with E-state index in [-0.39, 0.29) is 0 Å². The van der Waals surface area contributed by atoms with E-state index in [0.717, 1.165) is 38.5 Å². The molecule has 2 heteroatoms. The molecule has 0 heterocycles. The fraction of sp³-hybridized carbons (Fsp3) is 0.909. The summed E-state index contributed by atoms with van der Waals surface area (Å²) in [5, 5.41) is 9.99. The van der Waals surface area contributed by atoms with E-state index in [4.69, 9.17) is 0 Å². The van der Waals surface area contributed by atoms with E-state index in [2.05, 4.69) is 0 Å². The van der Waals surface area contributed by atoms with Crippen LogP contribution < -0.4 is 0 Å². The van der Waals surface area contributed by atoms with E-state index < -0.39 is 5.60 Å². The van der Waals surface area contributed by atoms with Crippen molar-refractivity contribution in [2.45, 2.75) is 57.0 Å². The van der Waals surface area contributed by atoms with Crippen molar-refractivity contribution in [1.82, 2.24) is 0 Å². The maximum atomic E-state index is 11.4. The average Bonchev–Trinajstić information content (AvgIpc) is 2.87. The molecule has 2 rings (SSSR count). The Labute approximate surface area is 79.3 Å². The second-order valence-corrected chi connectivity index (χ2v) is 4.67. The van der Waals surface area contributed by atoms with Gasteiger partial charge in [-0.15, -0.1) is 0 Å². The minimum absolute atomic E-state index is 0.366. The molecule has 74 valence electrons. The lowest BCUT2D eigenvalue weighted by Gasteiger charge is -2.21. The number of carbonyl (C=O) groups excluding carboxylic acids is 1. The highest BCUT2D eigenvalue weighted by Gasteiger charge is 2.34. The first-order valence-corrected chi connectivity index (χ1v) is 5.45. The molecule has 2 aliphatic rings. The largest absolute Gasteiger partial charge is 0.390 e. The summed E-state index contributed by atoms with van der Waals surface area (Å²) in [7, 11) is 0. The molecular weight excluding hydrogens is 164 g/mol. The molecular formula is C11H18O2. The SMILES string of the molecule is O=C(CCC1(O)CCCC1)C1CC1. The number of rotatable bonds is 4. The Morgan fingerprint density at radius 2 is 1.92 bits per heavy atom. The van der Waals surface area contributed by atoms with E-state index in [1.54, 1.807) is 0 Å². The number of aliphatic hydroxyl groups is 1. The Morgan fingerprint density at radius 1 is 1.31 bits per heavy atom. The molecule has 0 aliphatic heterocycles. The Hall–Kier alpha value is -0.370. The van der Waals surface area contributed by atoms with Crippen molar-refractivity contribution in [1.29, 1.82) is 0 Å². The van der Waals surface area contributed by atoms with Gasteiger partial charge in [-0.1, -0.05) is 12.8 Å². The van der Waals surface area contributed by atoms with Gasteiger partial charge in [0.1, 0.15) is 5.78 Å². The molecule has 0 aromatic heterocycles. The molecule has 0 unspecified atom stereocenters. The van der Waals surface area contributed by atoms with Gasteiger partial charge >= 0.3 is 0 Å². The molecule has 13 heavy (non-hydrogen) atoms. The van der Waals surface area contributed by atoms with Crippen LogP contribution in [0.15, 0.2) is 0 Å². The summed E-state index contributed by atoms with van der Waals surface area (Å²) in [5.41, 5.74) is -0.482. The molecule has 1 N–H and O–H groups in total. The minimum Gasteiger partial charge on any atom is -0.390 e.